The van der Waals surface area contributed by atoms with Gasteiger partial charge in [0.1, 0.15) is 5.75 Å². The Morgan fingerprint density at radius 1 is 1.35 bits per heavy atom. The lowest BCUT2D eigenvalue weighted by Crippen LogP contribution is -2.30. The quantitative estimate of drug-likeness (QED) is 0.455. The van der Waals surface area contributed by atoms with Crippen molar-refractivity contribution in [2.75, 3.05) is 18.7 Å². The monoisotopic (exact) mass is 395 g/mol. The molecule has 1 atom stereocenters. The van der Waals surface area contributed by atoms with Crippen molar-refractivity contribution in [3.63, 3.8) is 0 Å². The maximum Gasteiger partial charge on any atom is 0.359 e. The Morgan fingerprint density at radius 2 is 2.08 bits per heavy atom. The van der Waals surface area contributed by atoms with Crippen LogP contribution in [-0.4, -0.2) is 41.3 Å². The second-order valence-corrected chi connectivity index (χ2v) is 6.47. The van der Waals surface area contributed by atoms with Crippen LogP contribution < -0.4 is 10.1 Å². The third-order valence-electron chi connectivity index (χ3n) is 3.36. The van der Waals surface area contributed by atoms with Gasteiger partial charge >= 0.3 is 5.97 Å². The van der Waals surface area contributed by atoms with Gasteiger partial charge in [-0.3, -0.25) is 4.79 Å². The Kier molecular flexibility index (Phi) is 6.82. The maximum atomic E-state index is 12.4. The van der Waals surface area contributed by atoms with Crippen LogP contribution in [-0.2, 0) is 9.53 Å². The number of aromatic nitrogens is 2. The Bertz CT molecular complexity index is 832. The largest absolute Gasteiger partial charge is 0.495 e. The highest BCUT2D eigenvalue weighted by molar-refractivity contribution is 7.98. The molecule has 2 rings (SSSR count). The van der Waals surface area contributed by atoms with Crippen molar-refractivity contribution >= 4 is 40.9 Å². The van der Waals surface area contributed by atoms with Gasteiger partial charge in [-0.25, -0.2) is 14.8 Å². The minimum Gasteiger partial charge on any atom is -0.495 e. The van der Waals surface area contributed by atoms with E-state index in [1.807, 2.05) is 13.0 Å². The normalized spacial score (nSPS) is 11.6. The van der Waals surface area contributed by atoms with E-state index in [1.165, 1.54) is 32.0 Å². The summed E-state index contributed by atoms with van der Waals surface area (Å²) >= 11 is 7.21. The van der Waals surface area contributed by atoms with Crippen LogP contribution in [0.25, 0.3) is 0 Å². The number of amides is 1. The number of esters is 1. The molecule has 7 nitrogen and oxygen atoms in total. The van der Waals surface area contributed by atoms with Crippen LogP contribution in [0.1, 0.15) is 23.0 Å². The highest BCUT2D eigenvalue weighted by Crippen LogP contribution is 2.25. The summed E-state index contributed by atoms with van der Waals surface area (Å²) in [4.78, 5) is 32.6. The average molecular weight is 396 g/mol. The zero-order chi connectivity index (χ0) is 19.3. The number of thioether (sulfide) groups is 1. The molecule has 0 spiro atoms. The van der Waals surface area contributed by atoms with Gasteiger partial charge in [-0.1, -0.05) is 29.4 Å². The number of halogens is 1. The van der Waals surface area contributed by atoms with Crippen LogP contribution in [0.3, 0.4) is 0 Å². The molecule has 2 aromatic rings. The number of carbonyl (C=O) groups excluding carboxylic acids is 2. The molecule has 1 aromatic heterocycles. The van der Waals surface area contributed by atoms with Gasteiger partial charge in [-0.15, -0.1) is 0 Å². The molecule has 0 radical (unpaired) electrons. The lowest BCUT2D eigenvalue weighted by atomic mass is 10.2. The number of carbonyl (C=O) groups is 2. The van der Waals surface area contributed by atoms with E-state index in [0.29, 0.717) is 16.6 Å². The molecule has 1 heterocycles. The summed E-state index contributed by atoms with van der Waals surface area (Å²) in [5.41, 5.74) is 1.35. The predicted molar refractivity (Wildman–Crippen MR) is 100 cm³/mol. The van der Waals surface area contributed by atoms with Crippen molar-refractivity contribution in [2.45, 2.75) is 25.1 Å². The number of hydrogen-bond donors (Lipinski definition) is 1. The Hall–Kier alpha value is -2.32. The van der Waals surface area contributed by atoms with Gasteiger partial charge < -0.3 is 14.8 Å². The number of hydrogen-bond acceptors (Lipinski definition) is 7. The first-order valence-corrected chi connectivity index (χ1v) is 9.19. The van der Waals surface area contributed by atoms with Crippen LogP contribution in [0.15, 0.2) is 29.6 Å². The van der Waals surface area contributed by atoms with Gasteiger partial charge in [-0.05, 0) is 37.8 Å². The van der Waals surface area contributed by atoms with E-state index in [4.69, 9.17) is 21.1 Å². The summed E-state index contributed by atoms with van der Waals surface area (Å²) in [7, 11) is 1.50. The van der Waals surface area contributed by atoms with Crippen LogP contribution in [0.5, 0.6) is 5.75 Å². The Labute approximate surface area is 160 Å². The van der Waals surface area contributed by atoms with Gasteiger partial charge in [0.25, 0.3) is 5.91 Å². The summed E-state index contributed by atoms with van der Waals surface area (Å²) in [5, 5.41) is 3.12. The summed E-state index contributed by atoms with van der Waals surface area (Å²) in [6.45, 7) is 3.35. The molecule has 1 N–H and O–H groups in total. The van der Waals surface area contributed by atoms with E-state index < -0.39 is 18.0 Å². The van der Waals surface area contributed by atoms with E-state index in [-0.39, 0.29) is 10.7 Å². The summed E-state index contributed by atoms with van der Waals surface area (Å²) in [6, 6.07) is 5.36. The molecule has 0 saturated heterocycles. The maximum absolute atomic E-state index is 12.4. The first-order chi connectivity index (χ1) is 12.3. The molecule has 0 fully saturated rings. The number of ether oxygens (including phenoxy) is 2. The lowest BCUT2D eigenvalue weighted by Gasteiger charge is -2.15. The third-order valence-corrected chi connectivity index (χ3v) is 4.20. The zero-order valence-corrected chi connectivity index (χ0v) is 16.3. The number of anilines is 1. The van der Waals surface area contributed by atoms with Crippen molar-refractivity contribution in [2.24, 2.45) is 0 Å². The van der Waals surface area contributed by atoms with Crippen molar-refractivity contribution < 1.29 is 19.1 Å². The Morgan fingerprint density at radius 3 is 2.73 bits per heavy atom. The molecular formula is C17H18ClN3O4S. The molecular weight excluding hydrogens is 378 g/mol. The third kappa shape index (κ3) is 4.86. The highest BCUT2D eigenvalue weighted by Gasteiger charge is 2.23. The molecule has 1 amide bonds. The smallest absolute Gasteiger partial charge is 0.359 e. The second-order valence-electron chi connectivity index (χ2n) is 5.29. The number of benzene rings is 1. The number of aryl methyl sites for hydroxylation is 1. The topological polar surface area (TPSA) is 90.4 Å². The first kappa shape index (κ1) is 20.0. The van der Waals surface area contributed by atoms with E-state index in [1.54, 1.807) is 18.4 Å². The van der Waals surface area contributed by atoms with Crippen molar-refractivity contribution in [3.05, 3.63) is 40.7 Å². The number of nitrogens with one attached hydrogen (secondary N) is 1. The number of rotatable bonds is 6. The minimum absolute atomic E-state index is 0.0563. The summed E-state index contributed by atoms with van der Waals surface area (Å²) < 4.78 is 10.4. The van der Waals surface area contributed by atoms with E-state index in [0.717, 1.165) is 5.56 Å². The van der Waals surface area contributed by atoms with E-state index in [9.17, 15) is 9.59 Å². The van der Waals surface area contributed by atoms with Crippen LogP contribution in [0, 0.1) is 6.92 Å². The molecule has 0 aliphatic carbocycles. The van der Waals surface area contributed by atoms with E-state index in [2.05, 4.69) is 15.3 Å². The van der Waals surface area contributed by atoms with Gasteiger partial charge in [0.05, 0.1) is 24.0 Å². The fourth-order valence-corrected chi connectivity index (χ4v) is 2.53. The SMILES string of the molecule is COc1ccc(C)cc1NC(=O)[C@@H](C)OC(=O)c1nc(SC)ncc1Cl. The molecule has 0 aliphatic heterocycles. The van der Waals surface area contributed by atoms with Crippen molar-refractivity contribution in [1.29, 1.82) is 0 Å². The highest BCUT2D eigenvalue weighted by atomic mass is 35.5. The molecule has 9 heteroatoms. The standard InChI is InChI=1S/C17H18ClN3O4S/c1-9-5-6-13(24-3)12(7-9)20-15(22)10(2)25-16(23)14-11(18)8-19-17(21-14)26-4/h5-8,10H,1-4H3,(H,20,22)/t10-/m1/s1. The molecule has 138 valence electrons. The average Bonchev–Trinajstić information content (AvgIpc) is 2.62. The molecule has 0 unspecified atom stereocenters. The van der Waals surface area contributed by atoms with E-state index >= 15 is 0 Å². The van der Waals surface area contributed by atoms with Crippen molar-refractivity contribution in [1.82, 2.24) is 9.97 Å². The van der Waals surface area contributed by atoms with Gasteiger partial charge in [0.2, 0.25) is 0 Å². The molecule has 0 bridgehead atoms. The van der Waals surface area contributed by atoms with Gasteiger partial charge in [-0.2, -0.15) is 0 Å². The summed E-state index contributed by atoms with van der Waals surface area (Å²) in [6.07, 6.45) is 2.03. The first-order valence-electron chi connectivity index (χ1n) is 7.58. The van der Waals surface area contributed by atoms with Crippen LogP contribution in [0.2, 0.25) is 5.02 Å². The van der Waals surface area contributed by atoms with Crippen LogP contribution in [0.4, 0.5) is 5.69 Å². The number of methoxy groups -OCH3 is 1. The summed E-state index contributed by atoms with van der Waals surface area (Å²) in [5.74, 6) is -0.796. The zero-order valence-electron chi connectivity index (χ0n) is 14.7. The molecule has 26 heavy (non-hydrogen) atoms. The fourth-order valence-electron chi connectivity index (χ4n) is 2.02. The van der Waals surface area contributed by atoms with Gasteiger partial charge in [0.15, 0.2) is 17.0 Å². The fraction of sp³-hybridized carbons (Fsp3) is 0.294. The number of nitrogens with zero attached hydrogens (tertiary/aromatic N) is 2. The minimum atomic E-state index is -1.06. The molecule has 0 aliphatic rings. The molecule has 1 aromatic carbocycles. The molecule has 0 saturated carbocycles. The van der Waals surface area contributed by atoms with Crippen LogP contribution >= 0.6 is 23.4 Å². The van der Waals surface area contributed by atoms with Gasteiger partial charge in [0, 0.05) is 0 Å². The predicted octanol–water partition coefficient (Wildman–Crippen LogP) is 3.35. The lowest BCUT2D eigenvalue weighted by molar-refractivity contribution is -0.123. The Balaban J connectivity index is 2.10. The van der Waals surface area contributed by atoms with Crippen molar-refractivity contribution in [3.8, 4) is 5.75 Å². The second kappa shape index (κ2) is 8.86.